The Morgan fingerprint density at radius 3 is 2.30 bits per heavy atom. The van der Waals surface area contributed by atoms with E-state index in [0.29, 0.717) is 0 Å². The van der Waals surface area contributed by atoms with E-state index in [2.05, 4.69) is 0 Å². The number of carbonyl (C=O) groups is 2. The molecule has 0 N–H and O–H groups in total. The highest BCUT2D eigenvalue weighted by Crippen LogP contribution is 2.44. The lowest BCUT2D eigenvalue weighted by Gasteiger charge is -2.36. The first-order valence-corrected chi connectivity index (χ1v) is 9.86. The molecule has 0 amide bonds. The van der Waals surface area contributed by atoms with Gasteiger partial charge in [-0.15, -0.1) is 0 Å². The SMILES string of the molecule is CC(=O)Oc1ccccc1C(=O)OC[C@H]1OC2OC(C)(C)O[C@@H]2[C@H]2OC(C)(C)O[C@H]21. The molecule has 0 spiro atoms. The van der Waals surface area contributed by atoms with Gasteiger partial charge < -0.3 is 33.2 Å². The second kappa shape index (κ2) is 7.58. The number of hydrogen-bond donors (Lipinski definition) is 0. The molecule has 4 rings (SSSR count). The predicted molar refractivity (Wildman–Crippen MR) is 101 cm³/mol. The van der Waals surface area contributed by atoms with Gasteiger partial charge in [0.05, 0.1) is 0 Å². The van der Waals surface area contributed by atoms with Crippen LogP contribution in [0.1, 0.15) is 45.0 Å². The number of esters is 2. The molecule has 3 aliphatic rings. The Balaban J connectivity index is 1.48. The number of fused-ring (bicyclic) bond motifs is 3. The summed E-state index contributed by atoms with van der Waals surface area (Å²) in [5.41, 5.74) is 0.142. The van der Waals surface area contributed by atoms with Gasteiger partial charge in [-0.1, -0.05) is 12.1 Å². The molecular formula is C21H26O9. The number of hydrogen-bond acceptors (Lipinski definition) is 9. The highest BCUT2D eigenvalue weighted by molar-refractivity contribution is 5.93. The molecule has 0 aromatic heterocycles. The summed E-state index contributed by atoms with van der Waals surface area (Å²) in [4.78, 5) is 23.9. The molecule has 1 aromatic rings. The zero-order valence-corrected chi connectivity index (χ0v) is 17.6. The van der Waals surface area contributed by atoms with Crippen LogP contribution in [0.2, 0.25) is 0 Å². The van der Waals surface area contributed by atoms with Crippen molar-refractivity contribution in [1.82, 2.24) is 0 Å². The predicted octanol–water partition coefficient (Wildman–Crippen LogP) is 2.17. The number of rotatable bonds is 4. The van der Waals surface area contributed by atoms with Gasteiger partial charge in [0.2, 0.25) is 0 Å². The van der Waals surface area contributed by atoms with Crippen LogP contribution in [0.3, 0.4) is 0 Å². The van der Waals surface area contributed by atoms with E-state index < -0.39 is 54.2 Å². The fraction of sp³-hybridized carbons (Fsp3) is 0.619. The summed E-state index contributed by atoms with van der Waals surface area (Å²) in [7, 11) is 0. The van der Waals surface area contributed by atoms with Crippen molar-refractivity contribution in [1.29, 1.82) is 0 Å². The maximum Gasteiger partial charge on any atom is 0.342 e. The molecule has 0 saturated carbocycles. The maximum atomic E-state index is 12.6. The van der Waals surface area contributed by atoms with Crippen LogP contribution in [0.25, 0.3) is 0 Å². The number of benzene rings is 1. The smallest absolute Gasteiger partial charge is 0.342 e. The third-order valence-corrected chi connectivity index (χ3v) is 4.99. The van der Waals surface area contributed by atoms with Crippen LogP contribution >= 0.6 is 0 Å². The third-order valence-electron chi connectivity index (χ3n) is 4.99. The molecule has 3 heterocycles. The molecular weight excluding hydrogens is 396 g/mol. The summed E-state index contributed by atoms with van der Waals surface area (Å²) in [5, 5.41) is 0. The molecule has 9 nitrogen and oxygen atoms in total. The van der Waals surface area contributed by atoms with Crippen molar-refractivity contribution in [3.63, 3.8) is 0 Å². The Labute approximate surface area is 174 Å². The van der Waals surface area contributed by atoms with E-state index in [1.807, 2.05) is 0 Å². The molecule has 5 atom stereocenters. The molecule has 1 aromatic carbocycles. The van der Waals surface area contributed by atoms with Crippen LogP contribution in [0.4, 0.5) is 0 Å². The highest BCUT2D eigenvalue weighted by atomic mass is 16.9. The van der Waals surface area contributed by atoms with Crippen LogP contribution in [0.5, 0.6) is 5.75 Å². The summed E-state index contributed by atoms with van der Waals surface area (Å²) < 4.78 is 40.4. The zero-order chi connectivity index (χ0) is 21.7. The Morgan fingerprint density at radius 2 is 1.57 bits per heavy atom. The maximum absolute atomic E-state index is 12.6. The molecule has 1 unspecified atom stereocenters. The third kappa shape index (κ3) is 4.21. The van der Waals surface area contributed by atoms with Crippen LogP contribution < -0.4 is 4.74 Å². The van der Waals surface area contributed by atoms with Gasteiger partial charge in [-0.25, -0.2) is 4.79 Å². The van der Waals surface area contributed by atoms with E-state index in [1.165, 1.54) is 19.1 Å². The molecule has 3 fully saturated rings. The van der Waals surface area contributed by atoms with E-state index in [-0.39, 0.29) is 17.9 Å². The Bertz CT molecular complexity index is 834. The Hall–Kier alpha value is -2.04. The molecule has 9 heteroatoms. The number of ether oxygens (including phenoxy) is 7. The van der Waals surface area contributed by atoms with Gasteiger partial charge in [0, 0.05) is 6.92 Å². The van der Waals surface area contributed by atoms with Gasteiger partial charge in [-0.2, -0.15) is 0 Å². The van der Waals surface area contributed by atoms with Crippen molar-refractivity contribution in [2.45, 2.75) is 76.9 Å². The molecule has 3 saturated heterocycles. The van der Waals surface area contributed by atoms with Crippen molar-refractivity contribution >= 4 is 11.9 Å². The largest absolute Gasteiger partial charge is 0.459 e. The van der Waals surface area contributed by atoms with Crippen LogP contribution in [0.15, 0.2) is 24.3 Å². The summed E-state index contributed by atoms with van der Waals surface area (Å²) in [6, 6.07) is 6.37. The lowest BCUT2D eigenvalue weighted by molar-refractivity contribution is -0.240. The monoisotopic (exact) mass is 422 g/mol. The Kier molecular flexibility index (Phi) is 5.36. The average molecular weight is 422 g/mol. The first-order valence-electron chi connectivity index (χ1n) is 9.86. The fourth-order valence-electron chi connectivity index (χ4n) is 3.94. The van der Waals surface area contributed by atoms with E-state index in [0.717, 1.165) is 0 Å². The lowest BCUT2D eigenvalue weighted by Crippen LogP contribution is -2.56. The van der Waals surface area contributed by atoms with Crippen molar-refractivity contribution in [2.75, 3.05) is 6.61 Å². The fourth-order valence-corrected chi connectivity index (χ4v) is 3.94. The number of para-hydroxylation sites is 1. The van der Waals surface area contributed by atoms with Crippen molar-refractivity contribution in [3.8, 4) is 5.75 Å². The van der Waals surface area contributed by atoms with Gasteiger partial charge in [-0.05, 0) is 39.8 Å². The van der Waals surface area contributed by atoms with Crippen molar-refractivity contribution in [3.05, 3.63) is 29.8 Å². The van der Waals surface area contributed by atoms with Crippen LogP contribution in [0, 0.1) is 0 Å². The quantitative estimate of drug-likeness (QED) is 0.534. The molecule has 0 aliphatic carbocycles. The summed E-state index contributed by atoms with van der Waals surface area (Å²) in [5.74, 6) is -2.71. The topological polar surface area (TPSA) is 98.8 Å². The van der Waals surface area contributed by atoms with Crippen LogP contribution in [-0.2, 0) is 33.2 Å². The van der Waals surface area contributed by atoms with Gasteiger partial charge >= 0.3 is 11.9 Å². The molecule has 0 bridgehead atoms. The van der Waals surface area contributed by atoms with Crippen molar-refractivity contribution in [2.24, 2.45) is 0 Å². The van der Waals surface area contributed by atoms with Gasteiger partial charge in [0.15, 0.2) is 17.9 Å². The van der Waals surface area contributed by atoms with E-state index in [4.69, 9.17) is 33.2 Å². The first kappa shape index (κ1) is 21.2. The standard InChI is InChI=1S/C21H26O9/c1-11(22)25-13-9-7-6-8-12(13)18(23)24-10-14-15-16(28-20(2,3)27-15)17-19(26-14)30-21(4,5)29-17/h6-9,14-17,19H,10H2,1-5H3/t14-,15+,16+,17-,19?/m1/s1. The number of carbonyl (C=O) groups excluding carboxylic acids is 2. The highest BCUT2D eigenvalue weighted by Gasteiger charge is 2.60. The Morgan fingerprint density at radius 1 is 0.933 bits per heavy atom. The second-order valence-corrected chi connectivity index (χ2v) is 8.40. The first-order chi connectivity index (χ1) is 14.0. The summed E-state index contributed by atoms with van der Waals surface area (Å²) in [6.45, 7) is 8.37. The zero-order valence-electron chi connectivity index (χ0n) is 17.6. The minimum absolute atomic E-state index is 0.0964. The average Bonchev–Trinajstić information content (AvgIpc) is 3.13. The minimum Gasteiger partial charge on any atom is -0.459 e. The van der Waals surface area contributed by atoms with Crippen molar-refractivity contribution < 1.29 is 42.7 Å². The molecule has 30 heavy (non-hydrogen) atoms. The molecule has 164 valence electrons. The van der Waals surface area contributed by atoms with Gasteiger partial charge in [0.25, 0.3) is 0 Å². The van der Waals surface area contributed by atoms with Crippen LogP contribution in [-0.4, -0.2) is 60.8 Å². The van der Waals surface area contributed by atoms with E-state index in [9.17, 15) is 9.59 Å². The van der Waals surface area contributed by atoms with Gasteiger partial charge in [0.1, 0.15) is 42.3 Å². The summed E-state index contributed by atoms with van der Waals surface area (Å²) >= 11 is 0. The van der Waals surface area contributed by atoms with E-state index in [1.54, 1.807) is 39.8 Å². The second-order valence-electron chi connectivity index (χ2n) is 8.40. The molecule has 0 radical (unpaired) electrons. The summed E-state index contributed by atoms with van der Waals surface area (Å²) in [6.07, 6.45) is -2.69. The van der Waals surface area contributed by atoms with Gasteiger partial charge in [-0.3, -0.25) is 4.79 Å². The lowest BCUT2D eigenvalue weighted by atomic mass is 9.99. The minimum atomic E-state index is -0.839. The normalized spacial score (nSPS) is 33.4. The molecule has 3 aliphatic heterocycles. The van der Waals surface area contributed by atoms with E-state index >= 15 is 0 Å².